The number of hydrogen-bond acceptors (Lipinski definition) is 4. The van der Waals surface area contributed by atoms with Crippen molar-refractivity contribution in [3.8, 4) is 0 Å². The van der Waals surface area contributed by atoms with E-state index in [2.05, 4.69) is 4.98 Å². The summed E-state index contributed by atoms with van der Waals surface area (Å²) in [7, 11) is 0. The number of halogens is 1. The van der Waals surface area contributed by atoms with Crippen LogP contribution in [-0.2, 0) is 0 Å². The molecule has 0 unspecified atom stereocenters. The zero-order valence-corrected chi connectivity index (χ0v) is 8.81. The molecule has 0 fully saturated rings. The van der Waals surface area contributed by atoms with E-state index in [1.54, 1.807) is 25.3 Å². The van der Waals surface area contributed by atoms with Crippen LogP contribution in [0.4, 0.5) is 0 Å². The second-order valence-corrected chi connectivity index (χ2v) is 3.44. The zero-order valence-electron chi connectivity index (χ0n) is 8.05. The summed E-state index contributed by atoms with van der Waals surface area (Å²) in [5, 5.41) is 10.6. The van der Waals surface area contributed by atoms with E-state index >= 15 is 0 Å². The Morgan fingerprint density at radius 2 is 2.40 bits per heavy atom. The van der Waals surface area contributed by atoms with E-state index < -0.39 is 4.92 Å². The van der Waals surface area contributed by atoms with Gasteiger partial charge >= 0.3 is 0 Å². The molecule has 0 aliphatic heterocycles. The van der Waals surface area contributed by atoms with E-state index in [0.717, 1.165) is 11.8 Å². The molecule has 0 aliphatic rings. The summed E-state index contributed by atoms with van der Waals surface area (Å²) in [6.07, 6.45) is 2.34. The minimum absolute atomic E-state index is 0.184. The number of rotatable bonds is 3. The summed E-state index contributed by atoms with van der Waals surface area (Å²) in [5.74, 6) is -0.250. The van der Waals surface area contributed by atoms with Crippen molar-refractivity contribution >= 4 is 11.6 Å². The summed E-state index contributed by atoms with van der Waals surface area (Å²) in [6.45, 7) is 1.76. The van der Waals surface area contributed by atoms with Crippen LogP contribution in [0.1, 0.15) is 18.4 Å². The van der Waals surface area contributed by atoms with E-state index in [0.29, 0.717) is 5.15 Å². The molecular formula is C9H10ClN3O2. The Bertz CT molecular complexity index is 389. The number of pyridine rings is 1. The molecule has 1 aromatic heterocycles. The van der Waals surface area contributed by atoms with Gasteiger partial charge in [-0.25, -0.2) is 4.98 Å². The molecular weight excluding hydrogens is 218 g/mol. The Labute approximate surface area is 91.7 Å². The van der Waals surface area contributed by atoms with Crippen LogP contribution in [-0.4, -0.2) is 9.91 Å². The summed E-state index contributed by atoms with van der Waals surface area (Å²) < 4.78 is 0. The average Bonchev–Trinajstić information content (AvgIpc) is 2.17. The van der Waals surface area contributed by atoms with Crippen LogP contribution in [0.2, 0.25) is 5.15 Å². The summed E-state index contributed by atoms with van der Waals surface area (Å²) in [5.41, 5.74) is 6.52. The molecule has 0 aromatic carbocycles. The van der Waals surface area contributed by atoms with Gasteiger partial charge < -0.3 is 5.73 Å². The fourth-order valence-electron chi connectivity index (χ4n) is 1.07. The lowest BCUT2D eigenvalue weighted by molar-refractivity contribution is -0.403. The van der Waals surface area contributed by atoms with E-state index in [1.165, 1.54) is 0 Å². The number of nitrogens with two attached hydrogens (primary N) is 1. The maximum absolute atomic E-state index is 10.2. The lowest BCUT2D eigenvalue weighted by Crippen LogP contribution is -2.09. The highest BCUT2D eigenvalue weighted by Crippen LogP contribution is 2.20. The highest BCUT2D eigenvalue weighted by atomic mass is 35.5. The van der Waals surface area contributed by atoms with Crippen molar-refractivity contribution in [3.05, 3.63) is 51.1 Å². The molecule has 0 amide bonds. The predicted molar refractivity (Wildman–Crippen MR) is 56.9 cm³/mol. The van der Waals surface area contributed by atoms with Crippen molar-refractivity contribution in [2.24, 2.45) is 5.73 Å². The topological polar surface area (TPSA) is 82.0 Å². The summed E-state index contributed by atoms with van der Waals surface area (Å²) in [4.78, 5) is 13.5. The van der Waals surface area contributed by atoms with Crippen molar-refractivity contribution in [1.29, 1.82) is 0 Å². The van der Waals surface area contributed by atoms with Gasteiger partial charge in [0.05, 0.1) is 10.6 Å². The van der Waals surface area contributed by atoms with Gasteiger partial charge in [0.25, 0.3) is 6.20 Å². The van der Waals surface area contributed by atoms with Crippen LogP contribution >= 0.6 is 11.6 Å². The molecule has 0 saturated carbocycles. The van der Waals surface area contributed by atoms with Crippen molar-refractivity contribution in [2.45, 2.75) is 12.8 Å². The van der Waals surface area contributed by atoms with Gasteiger partial charge in [-0.1, -0.05) is 24.6 Å². The molecule has 80 valence electrons. The third kappa shape index (κ3) is 3.21. The zero-order chi connectivity index (χ0) is 11.4. The largest absolute Gasteiger partial charge is 0.397 e. The number of nitrogens with zero attached hydrogens (tertiary/aromatic N) is 2. The standard InChI is InChI=1S/C9H10ClN3O2/c1-6(8(11)5-13(14)15)7-2-3-9(10)12-4-7/h2-6H,11H2,1H3/b8-5-/t6-/m0/s1. The van der Waals surface area contributed by atoms with Gasteiger partial charge in [-0.2, -0.15) is 0 Å². The third-order valence-corrected chi connectivity index (χ3v) is 2.23. The van der Waals surface area contributed by atoms with Crippen molar-refractivity contribution < 1.29 is 4.92 Å². The van der Waals surface area contributed by atoms with Crippen molar-refractivity contribution in [3.63, 3.8) is 0 Å². The number of nitro groups is 1. The minimum Gasteiger partial charge on any atom is -0.397 e. The van der Waals surface area contributed by atoms with Crippen LogP contribution in [0, 0.1) is 10.1 Å². The molecule has 0 spiro atoms. The lowest BCUT2D eigenvalue weighted by Gasteiger charge is -2.09. The molecule has 0 radical (unpaired) electrons. The SMILES string of the molecule is C[C@H](/C(N)=C/[N+](=O)[O-])c1ccc(Cl)nc1. The monoisotopic (exact) mass is 227 g/mol. The number of aromatic nitrogens is 1. The van der Waals surface area contributed by atoms with Gasteiger partial charge in [0.15, 0.2) is 0 Å². The van der Waals surface area contributed by atoms with Crippen LogP contribution in [0.5, 0.6) is 0 Å². The average molecular weight is 228 g/mol. The molecule has 0 saturated heterocycles. The third-order valence-electron chi connectivity index (χ3n) is 2.00. The van der Waals surface area contributed by atoms with Gasteiger partial charge in [-0.05, 0) is 11.6 Å². The van der Waals surface area contributed by atoms with Gasteiger partial charge in [0.1, 0.15) is 5.15 Å². The molecule has 0 bridgehead atoms. The Morgan fingerprint density at radius 3 is 2.87 bits per heavy atom. The fourth-order valence-corrected chi connectivity index (χ4v) is 1.18. The van der Waals surface area contributed by atoms with E-state index in [9.17, 15) is 10.1 Å². The molecule has 1 heterocycles. The molecule has 0 aliphatic carbocycles. The Balaban J connectivity index is 2.89. The quantitative estimate of drug-likeness (QED) is 0.486. The maximum atomic E-state index is 10.2. The second-order valence-electron chi connectivity index (χ2n) is 3.05. The van der Waals surface area contributed by atoms with Gasteiger partial charge in [-0.3, -0.25) is 10.1 Å². The first kappa shape index (κ1) is 11.5. The molecule has 1 rings (SSSR count). The summed E-state index contributed by atoms with van der Waals surface area (Å²) >= 11 is 5.62. The number of hydrogen-bond donors (Lipinski definition) is 1. The normalized spacial score (nSPS) is 13.6. The highest BCUT2D eigenvalue weighted by Gasteiger charge is 2.11. The van der Waals surface area contributed by atoms with Crippen LogP contribution in [0.15, 0.2) is 30.2 Å². The smallest absolute Gasteiger partial charge is 0.253 e. The first-order chi connectivity index (χ1) is 7.00. The first-order valence-electron chi connectivity index (χ1n) is 4.23. The fraction of sp³-hybridized carbons (Fsp3) is 0.222. The number of allylic oxidation sites excluding steroid dienone is 1. The van der Waals surface area contributed by atoms with Gasteiger partial charge in [-0.15, -0.1) is 0 Å². The predicted octanol–water partition coefficient (Wildman–Crippen LogP) is 1.92. The molecule has 1 aromatic rings. The Hall–Kier alpha value is -1.62. The van der Waals surface area contributed by atoms with Crippen LogP contribution < -0.4 is 5.73 Å². The Kier molecular flexibility index (Phi) is 3.62. The first-order valence-corrected chi connectivity index (χ1v) is 4.60. The van der Waals surface area contributed by atoms with Crippen molar-refractivity contribution in [2.75, 3.05) is 0 Å². The molecule has 15 heavy (non-hydrogen) atoms. The Morgan fingerprint density at radius 1 is 1.73 bits per heavy atom. The maximum Gasteiger partial charge on any atom is 0.253 e. The van der Waals surface area contributed by atoms with Gasteiger partial charge in [0, 0.05) is 12.1 Å². The lowest BCUT2D eigenvalue weighted by atomic mass is 10.0. The van der Waals surface area contributed by atoms with Gasteiger partial charge in [0.2, 0.25) is 0 Å². The van der Waals surface area contributed by atoms with Crippen LogP contribution in [0.3, 0.4) is 0 Å². The van der Waals surface area contributed by atoms with E-state index in [4.69, 9.17) is 17.3 Å². The van der Waals surface area contributed by atoms with E-state index in [-0.39, 0.29) is 11.6 Å². The molecule has 6 heteroatoms. The highest BCUT2D eigenvalue weighted by molar-refractivity contribution is 6.29. The molecule has 1 atom stereocenters. The second kappa shape index (κ2) is 4.75. The van der Waals surface area contributed by atoms with Crippen LogP contribution in [0.25, 0.3) is 0 Å². The van der Waals surface area contributed by atoms with Crippen molar-refractivity contribution in [1.82, 2.24) is 4.98 Å². The summed E-state index contributed by atoms with van der Waals surface area (Å²) in [6, 6.07) is 3.35. The van der Waals surface area contributed by atoms with E-state index in [1.807, 2.05) is 0 Å². The molecule has 5 nitrogen and oxygen atoms in total. The molecule has 2 N–H and O–H groups in total. The minimum atomic E-state index is -0.574.